The molecule has 0 heterocycles. The van der Waals surface area contributed by atoms with Gasteiger partial charge in [-0.1, -0.05) is 29.8 Å². The number of aliphatic carboxylic acids is 1. The van der Waals surface area contributed by atoms with Crippen molar-refractivity contribution in [3.63, 3.8) is 0 Å². The molecule has 5 heteroatoms. The van der Waals surface area contributed by atoms with Crippen LogP contribution in [0.15, 0.2) is 24.3 Å². The van der Waals surface area contributed by atoms with Crippen LogP contribution in [0.5, 0.6) is 0 Å². The summed E-state index contributed by atoms with van der Waals surface area (Å²) in [5, 5.41) is 14.7. The molecule has 1 aromatic rings. The number of carboxylic acids is 1. The fourth-order valence-electron chi connectivity index (χ4n) is 2.91. The highest BCUT2D eigenvalue weighted by Crippen LogP contribution is 2.24. The first-order valence-corrected chi connectivity index (χ1v) is 7.87. The molecule has 1 aromatic carbocycles. The predicted octanol–water partition coefficient (Wildman–Crippen LogP) is 2.48. The van der Waals surface area contributed by atoms with Crippen molar-refractivity contribution in [1.29, 1.82) is 0 Å². The Kier molecular flexibility index (Phi) is 5.81. The highest BCUT2D eigenvalue weighted by Gasteiger charge is 2.26. The quantitative estimate of drug-likeness (QED) is 0.782. The lowest BCUT2D eigenvalue weighted by Crippen LogP contribution is -2.44. The lowest BCUT2D eigenvalue weighted by Gasteiger charge is -2.26. The summed E-state index contributed by atoms with van der Waals surface area (Å²) in [5.74, 6) is -0.969. The minimum Gasteiger partial charge on any atom is -0.481 e. The smallest absolute Gasteiger partial charge is 0.315 e. The van der Waals surface area contributed by atoms with Gasteiger partial charge in [0.15, 0.2) is 0 Å². The Morgan fingerprint density at radius 2 is 1.95 bits per heavy atom. The number of benzene rings is 1. The summed E-state index contributed by atoms with van der Waals surface area (Å²) in [6, 6.07) is 8.18. The van der Waals surface area contributed by atoms with E-state index >= 15 is 0 Å². The average Bonchev–Trinajstić information content (AvgIpc) is 2.48. The third kappa shape index (κ3) is 5.06. The Labute approximate surface area is 131 Å². The first-order chi connectivity index (χ1) is 10.5. The molecule has 0 radical (unpaired) electrons. The standard InChI is InChI=1S/C17H24N2O3/c1-12-3-2-4-13(11-12)9-10-18-17(22)19-15-7-5-14(6-8-15)16(20)21/h2-4,11,14-15H,5-10H2,1H3,(H,20,21)(H2,18,19,22). The third-order valence-electron chi connectivity index (χ3n) is 4.19. The van der Waals surface area contributed by atoms with Crippen LogP contribution in [0.3, 0.4) is 0 Å². The van der Waals surface area contributed by atoms with Crippen LogP contribution in [-0.2, 0) is 11.2 Å². The fourth-order valence-corrected chi connectivity index (χ4v) is 2.91. The zero-order valence-corrected chi connectivity index (χ0v) is 13.0. The molecule has 0 spiro atoms. The van der Waals surface area contributed by atoms with Crippen molar-refractivity contribution in [3.05, 3.63) is 35.4 Å². The molecule has 0 saturated heterocycles. The molecule has 0 aromatic heterocycles. The maximum atomic E-state index is 11.8. The van der Waals surface area contributed by atoms with Gasteiger partial charge in [0.25, 0.3) is 0 Å². The van der Waals surface area contributed by atoms with Crippen LogP contribution in [-0.4, -0.2) is 29.7 Å². The zero-order chi connectivity index (χ0) is 15.9. The van der Waals surface area contributed by atoms with Crippen molar-refractivity contribution in [2.24, 2.45) is 5.92 Å². The summed E-state index contributed by atoms with van der Waals surface area (Å²) in [4.78, 5) is 22.7. The molecule has 2 amide bonds. The minimum absolute atomic E-state index is 0.0922. The van der Waals surface area contributed by atoms with Crippen LogP contribution in [0.4, 0.5) is 4.79 Å². The molecule has 0 atom stereocenters. The normalized spacial score (nSPS) is 21.1. The van der Waals surface area contributed by atoms with Gasteiger partial charge in [-0.15, -0.1) is 0 Å². The number of carbonyl (C=O) groups excluding carboxylic acids is 1. The molecular formula is C17H24N2O3. The molecule has 120 valence electrons. The summed E-state index contributed by atoms with van der Waals surface area (Å²) < 4.78 is 0. The lowest BCUT2D eigenvalue weighted by molar-refractivity contribution is -0.142. The summed E-state index contributed by atoms with van der Waals surface area (Å²) in [6.07, 6.45) is 3.57. The SMILES string of the molecule is Cc1cccc(CCNC(=O)NC2CCC(C(=O)O)CC2)c1. The fraction of sp³-hybridized carbons (Fsp3) is 0.529. The first-order valence-electron chi connectivity index (χ1n) is 7.87. The average molecular weight is 304 g/mol. The van der Waals surface area contributed by atoms with Crippen molar-refractivity contribution in [2.45, 2.75) is 45.1 Å². The zero-order valence-electron chi connectivity index (χ0n) is 13.0. The summed E-state index contributed by atoms with van der Waals surface area (Å²) in [5.41, 5.74) is 2.43. The summed E-state index contributed by atoms with van der Waals surface area (Å²) >= 11 is 0. The second kappa shape index (κ2) is 7.82. The summed E-state index contributed by atoms with van der Waals surface area (Å²) in [7, 11) is 0. The maximum Gasteiger partial charge on any atom is 0.315 e. The Morgan fingerprint density at radius 3 is 2.59 bits per heavy atom. The van der Waals surface area contributed by atoms with Gasteiger partial charge in [-0.05, 0) is 44.6 Å². The lowest BCUT2D eigenvalue weighted by atomic mass is 9.86. The molecule has 22 heavy (non-hydrogen) atoms. The molecule has 3 N–H and O–H groups in total. The van der Waals surface area contributed by atoms with Gasteiger partial charge in [-0.3, -0.25) is 4.79 Å². The number of aryl methyl sites for hydroxylation is 1. The number of hydrogen-bond acceptors (Lipinski definition) is 2. The van der Waals surface area contributed by atoms with Crippen LogP contribution in [0.25, 0.3) is 0 Å². The van der Waals surface area contributed by atoms with Gasteiger partial charge in [0.1, 0.15) is 0 Å². The minimum atomic E-state index is -0.721. The van der Waals surface area contributed by atoms with E-state index in [1.807, 2.05) is 6.07 Å². The molecule has 1 fully saturated rings. The summed E-state index contributed by atoms with van der Waals surface area (Å²) in [6.45, 7) is 2.65. The third-order valence-corrected chi connectivity index (χ3v) is 4.19. The van der Waals surface area contributed by atoms with Crippen LogP contribution < -0.4 is 10.6 Å². The molecule has 1 aliphatic carbocycles. The number of hydrogen-bond donors (Lipinski definition) is 3. The number of amides is 2. The van der Waals surface area contributed by atoms with E-state index < -0.39 is 5.97 Å². The largest absolute Gasteiger partial charge is 0.481 e. The number of urea groups is 1. The molecular weight excluding hydrogens is 280 g/mol. The molecule has 0 aliphatic heterocycles. The Morgan fingerprint density at radius 1 is 1.23 bits per heavy atom. The van der Waals surface area contributed by atoms with Gasteiger partial charge >= 0.3 is 12.0 Å². The second-order valence-electron chi connectivity index (χ2n) is 6.03. The highest BCUT2D eigenvalue weighted by atomic mass is 16.4. The van der Waals surface area contributed by atoms with Crippen molar-refractivity contribution >= 4 is 12.0 Å². The van der Waals surface area contributed by atoms with Crippen LogP contribution in [0.2, 0.25) is 0 Å². The van der Waals surface area contributed by atoms with E-state index in [0.29, 0.717) is 19.4 Å². The van der Waals surface area contributed by atoms with Crippen LogP contribution in [0, 0.1) is 12.8 Å². The van der Waals surface area contributed by atoms with Crippen molar-refractivity contribution in [3.8, 4) is 0 Å². The van der Waals surface area contributed by atoms with E-state index in [2.05, 4.69) is 35.8 Å². The molecule has 0 bridgehead atoms. The topological polar surface area (TPSA) is 78.4 Å². The van der Waals surface area contributed by atoms with E-state index in [1.165, 1.54) is 11.1 Å². The van der Waals surface area contributed by atoms with E-state index in [1.54, 1.807) is 0 Å². The number of carboxylic acid groups (broad SMARTS) is 1. The molecule has 0 unspecified atom stereocenters. The first kappa shape index (κ1) is 16.3. The van der Waals surface area contributed by atoms with Crippen molar-refractivity contribution in [1.82, 2.24) is 10.6 Å². The van der Waals surface area contributed by atoms with Gasteiger partial charge in [-0.2, -0.15) is 0 Å². The second-order valence-corrected chi connectivity index (χ2v) is 6.03. The Balaban J connectivity index is 1.65. The van der Waals surface area contributed by atoms with Gasteiger partial charge in [-0.25, -0.2) is 4.79 Å². The van der Waals surface area contributed by atoms with Crippen LogP contribution >= 0.6 is 0 Å². The van der Waals surface area contributed by atoms with Crippen molar-refractivity contribution in [2.75, 3.05) is 6.54 Å². The predicted molar refractivity (Wildman–Crippen MR) is 84.8 cm³/mol. The molecule has 1 aliphatic rings. The molecule has 1 saturated carbocycles. The molecule has 2 rings (SSSR count). The number of carbonyl (C=O) groups is 2. The van der Waals surface area contributed by atoms with Gasteiger partial charge in [0.05, 0.1) is 5.92 Å². The van der Waals surface area contributed by atoms with Gasteiger partial charge in [0, 0.05) is 12.6 Å². The Hall–Kier alpha value is -2.04. The molecule has 5 nitrogen and oxygen atoms in total. The van der Waals surface area contributed by atoms with Gasteiger partial charge < -0.3 is 15.7 Å². The van der Waals surface area contributed by atoms with Crippen LogP contribution in [0.1, 0.15) is 36.8 Å². The maximum absolute atomic E-state index is 11.8. The van der Waals surface area contributed by atoms with Gasteiger partial charge in [0.2, 0.25) is 0 Å². The van der Waals surface area contributed by atoms with Crippen molar-refractivity contribution < 1.29 is 14.7 Å². The van der Waals surface area contributed by atoms with E-state index in [4.69, 9.17) is 5.11 Å². The number of rotatable bonds is 5. The highest BCUT2D eigenvalue weighted by molar-refractivity contribution is 5.74. The number of nitrogens with one attached hydrogen (secondary N) is 2. The monoisotopic (exact) mass is 304 g/mol. The van der Waals surface area contributed by atoms with E-state index in [0.717, 1.165) is 19.3 Å². The van der Waals surface area contributed by atoms with E-state index in [9.17, 15) is 9.59 Å². The Bertz CT molecular complexity index is 522. The van der Waals surface area contributed by atoms with E-state index in [-0.39, 0.29) is 18.0 Å².